The normalized spacial score (nSPS) is 13.9. The average molecular weight is 236 g/mol. The fourth-order valence-corrected chi connectivity index (χ4v) is 2.08. The van der Waals surface area contributed by atoms with Gasteiger partial charge in [-0.25, -0.2) is 0 Å². The van der Waals surface area contributed by atoms with E-state index in [1.807, 2.05) is 33.9 Å². The maximum absolute atomic E-state index is 4.11. The molecule has 0 spiro atoms. The Kier molecular flexibility index (Phi) is 9.69. The number of fused-ring (bicyclic) bond motifs is 1. The molecule has 1 aromatic heterocycles. The quantitative estimate of drug-likeness (QED) is 0.663. The first kappa shape index (κ1) is 16.1. The van der Waals surface area contributed by atoms with Crippen molar-refractivity contribution in [2.75, 3.05) is 0 Å². The van der Waals surface area contributed by atoms with Gasteiger partial charge in [0.25, 0.3) is 0 Å². The van der Waals surface area contributed by atoms with Crippen LogP contribution in [-0.2, 0) is 12.8 Å². The fraction of sp³-hybridized carbons (Fsp3) is 0.733. The molecule has 0 bridgehead atoms. The Morgan fingerprint density at radius 1 is 0.882 bits per heavy atom. The molecule has 0 atom stereocenters. The van der Waals surface area contributed by atoms with Crippen molar-refractivity contribution in [3.63, 3.8) is 0 Å². The summed E-state index contributed by atoms with van der Waals surface area (Å²) >= 11 is 0. The molecule has 0 fully saturated rings. The molecule has 0 saturated carbocycles. The molecule has 98 valence electrons. The van der Waals surface area contributed by atoms with E-state index in [0.717, 1.165) is 5.69 Å². The summed E-state index contributed by atoms with van der Waals surface area (Å²) in [5, 5.41) is 8.13. The van der Waals surface area contributed by atoms with Gasteiger partial charge in [0, 0.05) is 0 Å². The molecular weight excluding hydrogens is 208 g/mol. The number of rotatable bonds is 0. The van der Waals surface area contributed by atoms with Crippen LogP contribution in [0.25, 0.3) is 0 Å². The zero-order valence-electron chi connectivity index (χ0n) is 12.2. The highest BCUT2D eigenvalue weighted by Gasteiger charge is 2.09. The van der Waals surface area contributed by atoms with E-state index in [1.165, 1.54) is 49.7 Å². The maximum Gasteiger partial charge on any atom is 0.0634 e. The van der Waals surface area contributed by atoms with Crippen LogP contribution in [0, 0.1) is 6.92 Å². The molecule has 0 aromatic carbocycles. The van der Waals surface area contributed by atoms with Crippen LogP contribution in [-0.4, -0.2) is 10.2 Å². The van der Waals surface area contributed by atoms with Crippen LogP contribution < -0.4 is 0 Å². The van der Waals surface area contributed by atoms with Crippen LogP contribution in [0.15, 0.2) is 6.20 Å². The van der Waals surface area contributed by atoms with Crippen molar-refractivity contribution in [1.29, 1.82) is 0 Å². The van der Waals surface area contributed by atoms with Crippen molar-refractivity contribution in [1.82, 2.24) is 10.2 Å². The lowest BCUT2D eigenvalue weighted by Crippen LogP contribution is -2.04. The molecule has 0 amide bonds. The number of aromatic nitrogens is 2. The molecule has 0 radical (unpaired) electrons. The molecular formula is C15H28N2. The summed E-state index contributed by atoms with van der Waals surface area (Å²) in [7, 11) is 0. The lowest BCUT2D eigenvalue weighted by atomic mass is 9.94. The van der Waals surface area contributed by atoms with Gasteiger partial charge in [-0.1, -0.05) is 40.5 Å². The van der Waals surface area contributed by atoms with Gasteiger partial charge >= 0.3 is 0 Å². The van der Waals surface area contributed by atoms with E-state index in [-0.39, 0.29) is 0 Å². The lowest BCUT2D eigenvalue weighted by molar-refractivity contribution is 0.609. The Morgan fingerprint density at radius 3 is 2.12 bits per heavy atom. The van der Waals surface area contributed by atoms with Crippen molar-refractivity contribution < 1.29 is 0 Å². The van der Waals surface area contributed by atoms with E-state index >= 15 is 0 Å². The third-order valence-corrected chi connectivity index (χ3v) is 2.87. The Morgan fingerprint density at radius 2 is 1.47 bits per heavy atom. The first-order chi connectivity index (χ1) is 8.38. The van der Waals surface area contributed by atoms with Crippen LogP contribution >= 0.6 is 0 Å². The monoisotopic (exact) mass is 236 g/mol. The SMILES string of the molecule is CC.CC.Cc1nncc2c1CCCCCC2. The van der Waals surface area contributed by atoms with Crippen LogP contribution in [0.5, 0.6) is 0 Å². The number of hydrogen-bond donors (Lipinski definition) is 0. The van der Waals surface area contributed by atoms with Gasteiger partial charge in [0.2, 0.25) is 0 Å². The molecule has 1 aliphatic carbocycles. The lowest BCUT2D eigenvalue weighted by Gasteiger charge is -2.13. The highest BCUT2D eigenvalue weighted by Crippen LogP contribution is 2.20. The van der Waals surface area contributed by atoms with E-state index < -0.39 is 0 Å². The summed E-state index contributed by atoms with van der Waals surface area (Å²) < 4.78 is 0. The van der Waals surface area contributed by atoms with E-state index in [4.69, 9.17) is 0 Å². The summed E-state index contributed by atoms with van der Waals surface area (Å²) in [5.74, 6) is 0. The Labute approximate surface area is 107 Å². The maximum atomic E-state index is 4.11. The average Bonchev–Trinajstić information content (AvgIpc) is 2.36. The summed E-state index contributed by atoms with van der Waals surface area (Å²) in [5.41, 5.74) is 4.04. The van der Waals surface area contributed by atoms with Gasteiger partial charge in [0.1, 0.15) is 0 Å². The molecule has 0 N–H and O–H groups in total. The van der Waals surface area contributed by atoms with Gasteiger partial charge in [-0.3, -0.25) is 0 Å². The topological polar surface area (TPSA) is 25.8 Å². The summed E-state index contributed by atoms with van der Waals surface area (Å²) in [6, 6.07) is 0. The van der Waals surface area contributed by atoms with Crippen LogP contribution in [0.4, 0.5) is 0 Å². The van der Waals surface area contributed by atoms with E-state index in [0.29, 0.717) is 0 Å². The first-order valence-corrected chi connectivity index (χ1v) is 7.18. The Hall–Kier alpha value is -0.920. The van der Waals surface area contributed by atoms with E-state index in [1.54, 1.807) is 0 Å². The molecule has 0 aliphatic heterocycles. The molecule has 17 heavy (non-hydrogen) atoms. The van der Waals surface area contributed by atoms with Gasteiger partial charge in [-0.05, 0) is 43.7 Å². The van der Waals surface area contributed by atoms with Crippen LogP contribution in [0.1, 0.15) is 70.2 Å². The fourth-order valence-electron chi connectivity index (χ4n) is 2.08. The van der Waals surface area contributed by atoms with Gasteiger partial charge in [0.15, 0.2) is 0 Å². The largest absolute Gasteiger partial charge is 0.159 e. The molecule has 1 aromatic rings. The summed E-state index contributed by atoms with van der Waals surface area (Å²) in [4.78, 5) is 0. The van der Waals surface area contributed by atoms with Crippen molar-refractivity contribution in [3.8, 4) is 0 Å². The predicted molar refractivity (Wildman–Crippen MR) is 75.3 cm³/mol. The molecule has 0 unspecified atom stereocenters. The second-order valence-corrected chi connectivity index (χ2v) is 3.85. The molecule has 2 rings (SSSR count). The number of aryl methyl sites for hydroxylation is 2. The third-order valence-electron chi connectivity index (χ3n) is 2.87. The minimum absolute atomic E-state index is 1.14. The smallest absolute Gasteiger partial charge is 0.0634 e. The van der Waals surface area contributed by atoms with Crippen molar-refractivity contribution in [2.45, 2.75) is 73.1 Å². The number of hydrogen-bond acceptors (Lipinski definition) is 2. The highest BCUT2D eigenvalue weighted by atomic mass is 15.1. The standard InChI is InChI=1S/C11H16N2.2C2H6/c1-9-11-7-5-3-2-4-6-10(11)8-12-13-9;2*1-2/h8H,2-7H2,1H3;2*1-2H3. The summed E-state index contributed by atoms with van der Waals surface area (Å²) in [6.07, 6.45) is 9.75. The second-order valence-electron chi connectivity index (χ2n) is 3.85. The molecule has 2 nitrogen and oxygen atoms in total. The van der Waals surface area contributed by atoms with Gasteiger partial charge in [0.05, 0.1) is 11.9 Å². The predicted octanol–water partition coefficient (Wildman–Crippen LogP) is 4.50. The zero-order chi connectivity index (χ0) is 13.1. The first-order valence-electron chi connectivity index (χ1n) is 7.18. The van der Waals surface area contributed by atoms with Gasteiger partial charge < -0.3 is 0 Å². The highest BCUT2D eigenvalue weighted by molar-refractivity contribution is 5.27. The van der Waals surface area contributed by atoms with Gasteiger partial charge in [-0.2, -0.15) is 10.2 Å². The van der Waals surface area contributed by atoms with Crippen LogP contribution in [0.3, 0.4) is 0 Å². The summed E-state index contributed by atoms with van der Waals surface area (Å²) in [6.45, 7) is 10.1. The van der Waals surface area contributed by atoms with Crippen LogP contribution in [0.2, 0.25) is 0 Å². The minimum atomic E-state index is 1.14. The minimum Gasteiger partial charge on any atom is -0.159 e. The van der Waals surface area contributed by atoms with Crippen molar-refractivity contribution >= 4 is 0 Å². The van der Waals surface area contributed by atoms with Gasteiger partial charge in [-0.15, -0.1) is 0 Å². The van der Waals surface area contributed by atoms with Crippen molar-refractivity contribution in [2.24, 2.45) is 0 Å². The number of nitrogens with zero attached hydrogens (tertiary/aromatic N) is 2. The third kappa shape index (κ3) is 5.29. The molecule has 1 heterocycles. The van der Waals surface area contributed by atoms with E-state index in [2.05, 4.69) is 17.1 Å². The zero-order valence-corrected chi connectivity index (χ0v) is 12.2. The van der Waals surface area contributed by atoms with E-state index in [9.17, 15) is 0 Å². The second kappa shape index (κ2) is 10.2. The van der Waals surface area contributed by atoms with Crippen molar-refractivity contribution in [3.05, 3.63) is 23.0 Å². The molecule has 0 saturated heterocycles. The molecule has 1 aliphatic rings. The molecule has 2 heteroatoms. The Bertz CT molecular complexity index is 295. The Balaban J connectivity index is 0.000000581.